The Bertz CT molecular complexity index is 1330. The molecule has 0 saturated carbocycles. The summed E-state index contributed by atoms with van der Waals surface area (Å²) in [7, 11) is 2.17. The lowest BCUT2D eigenvalue weighted by molar-refractivity contribution is 0.0691. The predicted molar refractivity (Wildman–Crippen MR) is 144 cm³/mol. The third-order valence-corrected chi connectivity index (χ3v) is 8.33. The molecule has 2 N–H and O–H groups in total. The molecule has 0 unspecified atom stereocenters. The lowest BCUT2D eigenvalue weighted by Crippen LogP contribution is -2.44. The van der Waals surface area contributed by atoms with Crippen LogP contribution < -0.4 is 5.32 Å². The molecule has 11 heteroatoms. The summed E-state index contributed by atoms with van der Waals surface area (Å²) in [6.45, 7) is 7.51. The van der Waals surface area contributed by atoms with Crippen LogP contribution in [0, 0.1) is 6.92 Å². The molecular formula is C25H29N7O2S2. The maximum absolute atomic E-state index is 11.3. The van der Waals surface area contributed by atoms with Gasteiger partial charge in [0, 0.05) is 38.0 Å². The van der Waals surface area contributed by atoms with Crippen LogP contribution in [-0.2, 0) is 12.8 Å². The molecule has 1 saturated heterocycles. The number of carbonyl (C=O) groups is 1. The molecule has 4 aromatic rings. The minimum atomic E-state index is -1.01. The Kier molecular flexibility index (Phi) is 7.51. The van der Waals surface area contributed by atoms with Crippen LogP contribution >= 0.6 is 22.7 Å². The summed E-state index contributed by atoms with van der Waals surface area (Å²) in [5, 5.41) is 24.8. The topological polar surface area (TPSA) is 107 Å². The molecule has 1 aromatic carbocycles. The summed E-state index contributed by atoms with van der Waals surface area (Å²) in [5.74, 6) is -0.305. The molecular weight excluding hydrogens is 494 g/mol. The second-order valence-corrected chi connectivity index (χ2v) is 11.0. The first kappa shape index (κ1) is 24.7. The largest absolute Gasteiger partial charge is 0.476 e. The highest BCUT2D eigenvalue weighted by atomic mass is 32.1. The molecule has 1 fully saturated rings. The lowest BCUT2D eigenvalue weighted by Gasteiger charge is -2.32. The number of fused-ring (bicyclic) bond motifs is 1. The number of piperazine rings is 1. The van der Waals surface area contributed by atoms with Crippen molar-refractivity contribution in [2.75, 3.05) is 45.1 Å². The van der Waals surface area contributed by atoms with Crippen LogP contribution in [0.15, 0.2) is 29.6 Å². The molecule has 0 atom stereocenters. The number of rotatable bonds is 9. The maximum Gasteiger partial charge on any atom is 0.355 e. The van der Waals surface area contributed by atoms with Crippen LogP contribution in [0.5, 0.6) is 0 Å². The Balaban J connectivity index is 1.37. The Labute approximate surface area is 217 Å². The lowest BCUT2D eigenvalue weighted by atomic mass is 10.0. The number of carboxylic acid groups (broad SMARTS) is 1. The Hall–Kier alpha value is -2.99. The molecule has 3 aromatic heterocycles. The number of aromatic nitrogens is 4. The van der Waals surface area contributed by atoms with Gasteiger partial charge in [0.2, 0.25) is 0 Å². The summed E-state index contributed by atoms with van der Waals surface area (Å²) >= 11 is 2.94. The van der Waals surface area contributed by atoms with Crippen LogP contribution in [0.2, 0.25) is 0 Å². The maximum atomic E-state index is 11.3. The second-order valence-electron chi connectivity index (χ2n) is 9.07. The van der Waals surface area contributed by atoms with Crippen molar-refractivity contribution in [3.8, 4) is 0 Å². The highest BCUT2D eigenvalue weighted by Gasteiger charge is 2.19. The zero-order valence-electron chi connectivity index (χ0n) is 20.4. The van der Waals surface area contributed by atoms with E-state index in [9.17, 15) is 9.90 Å². The average molecular weight is 524 g/mol. The minimum absolute atomic E-state index is 0.0745. The Morgan fingerprint density at radius 1 is 1.14 bits per heavy atom. The van der Waals surface area contributed by atoms with Gasteiger partial charge >= 0.3 is 5.97 Å². The van der Waals surface area contributed by atoms with Gasteiger partial charge in [0.1, 0.15) is 0 Å². The van der Waals surface area contributed by atoms with Gasteiger partial charge in [-0.2, -0.15) is 5.10 Å². The summed E-state index contributed by atoms with van der Waals surface area (Å²) in [5.41, 5.74) is 4.08. The first-order chi connectivity index (χ1) is 17.5. The van der Waals surface area contributed by atoms with Gasteiger partial charge in [0.25, 0.3) is 0 Å². The summed E-state index contributed by atoms with van der Waals surface area (Å²) in [6.07, 6.45) is 2.35. The first-order valence-electron chi connectivity index (χ1n) is 12.0. The van der Waals surface area contributed by atoms with Gasteiger partial charge < -0.3 is 20.2 Å². The van der Waals surface area contributed by atoms with Crippen molar-refractivity contribution in [1.29, 1.82) is 0 Å². The molecule has 4 heterocycles. The van der Waals surface area contributed by atoms with Crippen LogP contribution in [0.1, 0.15) is 38.7 Å². The average Bonchev–Trinajstić information content (AvgIpc) is 3.50. The number of nitrogens with one attached hydrogen (secondary N) is 1. The van der Waals surface area contributed by atoms with Gasteiger partial charge in [-0.15, -0.1) is 16.4 Å². The van der Waals surface area contributed by atoms with E-state index in [2.05, 4.69) is 55.3 Å². The number of nitrogens with zero attached hydrogens (tertiary/aromatic N) is 6. The fourth-order valence-corrected chi connectivity index (χ4v) is 6.05. The minimum Gasteiger partial charge on any atom is -0.476 e. The highest BCUT2D eigenvalue weighted by Crippen LogP contribution is 2.30. The van der Waals surface area contributed by atoms with Gasteiger partial charge in [-0.25, -0.2) is 14.8 Å². The molecule has 0 amide bonds. The summed E-state index contributed by atoms with van der Waals surface area (Å²) in [4.78, 5) is 25.1. The van der Waals surface area contributed by atoms with Crippen molar-refractivity contribution in [2.45, 2.75) is 26.2 Å². The van der Waals surface area contributed by atoms with E-state index in [1.165, 1.54) is 11.3 Å². The van der Waals surface area contributed by atoms with E-state index in [0.717, 1.165) is 82.7 Å². The predicted octanol–water partition coefficient (Wildman–Crippen LogP) is 4.06. The number of hydrogen-bond donors (Lipinski definition) is 2. The quantitative estimate of drug-likeness (QED) is 0.336. The second kappa shape index (κ2) is 11.0. The number of thiazole rings is 2. The molecule has 36 heavy (non-hydrogen) atoms. The van der Waals surface area contributed by atoms with Gasteiger partial charge in [-0.3, -0.25) is 0 Å². The molecule has 1 aliphatic rings. The van der Waals surface area contributed by atoms with Crippen molar-refractivity contribution < 1.29 is 9.90 Å². The number of para-hydroxylation sites is 1. The van der Waals surface area contributed by atoms with E-state index in [1.54, 1.807) is 16.7 Å². The molecule has 0 bridgehead atoms. The van der Waals surface area contributed by atoms with Crippen molar-refractivity contribution in [3.05, 3.63) is 57.2 Å². The van der Waals surface area contributed by atoms with Crippen LogP contribution in [-0.4, -0.2) is 80.8 Å². The van der Waals surface area contributed by atoms with E-state index < -0.39 is 5.97 Å². The molecule has 1 aliphatic heterocycles. The normalized spacial score (nSPS) is 14.9. The van der Waals surface area contributed by atoms with Gasteiger partial charge in [-0.1, -0.05) is 23.5 Å². The Morgan fingerprint density at radius 2 is 1.94 bits per heavy atom. The Morgan fingerprint density at radius 3 is 2.69 bits per heavy atom. The molecule has 0 spiro atoms. The van der Waals surface area contributed by atoms with Crippen molar-refractivity contribution >= 4 is 49.8 Å². The number of carboxylic acids is 1. The van der Waals surface area contributed by atoms with Crippen LogP contribution in [0.25, 0.3) is 10.2 Å². The van der Waals surface area contributed by atoms with Crippen LogP contribution in [0.3, 0.4) is 0 Å². The van der Waals surface area contributed by atoms with E-state index in [1.807, 2.05) is 18.2 Å². The zero-order chi connectivity index (χ0) is 25.1. The number of aromatic carboxylic acids is 1. The third kappa shape index (κ3) is 5.70. The van der Waals surface area contributed by atoms with Gasteiger partial charge in [0.05, 0.1) is 20.9 Å². The molecule has 5 rings (SSSR count). The SMILES string of the molecule is Cc1c(Nc2nc3ccccc3s2)nnc(Cc2nc(C(=O)O)cs2)c1CCCN1CCN(C)CC1. The third-order valence-electron chi connectivity index (χ3n) is 6.53. The number of benzene rings is 1. The number of hydrogen-bond acceptors (Lipinski definition) is 10. The fraction of sp³-hybridized carbons (Fsp3) is 0.400. The summed E-state index contributed by atoms with van der Waals surface area (Å²) < 4.78 is 1.12. The smallest absolute Gasteiger partial charge is 0.355 e. The molecule has 9 nitrogen and oxygen atoms in total. The van der Waals surface area contributed by atoms with Crippen molar-refractivity contribution in [3.63, 3.8) is 0 Å². The van der Waals surface area contributed by atoms with E-state index in [4.69, 9.17) is 0 Å². The van der Waals surface area contributed by atoms with Gasteiger partial charge in [0.15, 0.2) is 16.6 Å². The van der Waals surface area contributed by atoms with Crippen LogP contribution in [0.4, 0.5) is 10.9 Å². The summed E-state index contributed by atoms with van der Waals surface area (Å²) in [6, 6.07) is 8.06. The van der Waals surface area contributed by atoms with Crippen molar-refractivity contribution in [2.24, 2.45) is 0 Å². The number of anilines is 2. The fourth-order valence-electron chi connectivity index (χ4n) is 4.41. The molecule has 0 radical (unpaired) electrons. The van der Waals surface area contributed by atoms with E-state index in [-0.39, 0.29) is 5.69 Å². The van der Waals surface area contributed by atoms with E-state index in [0.29, 0.717) is 12.2 Å². The molecule has 0 aliphatic carbocycles. The zero-order valence-corrected chi connectivity index (χ0v) is 22.0. The van der Waals surface area contributed by atoms with E-state index >= 15 is 0 Å². The van der Waals surface area contributed by atoms with Gasteiger partial charge in [-0.05, 0) is 56.6 Å². The van der Waals surface area contributed by atoms with Crippen molar-refractivity contribution in [1.82, 2.24) is 30.0 Å². The first-order valence-corrected chi connectivity index (χ1v) is 13.7. The highest BCUT2D eigenvalue weighted by molar-refractivity contribution is 7.22. The molecule has 188 valence electrons. The monoisotopic (exact) mass is 523 g/mol. The standard InChI is InChI=1S/C25H29N7O2S2/c1-16-17(6-5-9-32-12-10-31(2)11-13-32)19(14-22-26-20(15-35-22)24(33)34)29-30-23(16)28-25-27-18-7-3-4-8-21(18)36-25/h3-4,7-8,15H,5-6,9-14H2,1-2H3,(H,33,34)(H,27,28,30). The number of likely N-dealkylation sites (N-methyl/N-ethyl adjacent to an activating group) is 1.